The molecule has 0 radical (unpaired) electrons. The third kappa shape index (κ3) is 5.95. The molecule has 0 fully saturated rings. The summed E-state index contributed by atoms with van der Waals surface area (Å²) in [5.41, 5.74) is 4.44. The van der Waals surface area contributed by atoms with E-state index in [9.17, 15) is 9.59 Å². The van der Waals surface area contributed by atoms with Gasteiger partial charge in [-0.25, -0.2) is 4.79 Å². The molecule has 0 spiro atoms. The molecule has 0 heterocycles. The molecule has 0 aromatic heterocycles. The van der Waals surface area contributed by atoms with Crippen molar-refractivity contribution >= 4 is 17.6 Å². The number of carbonyl (C=O) groups is 2. The Morgan fingerprint density at radius 1 is 0.935 bits per heavy atom. The van der Waals surface area contributed by atoms with Gasteiger partial charge >= 0.3 is 5.97 Å². The SMILES string of the molecule is CCc1cccc(OC(C)C(=O)Oc2ccc(C(=O)Nc3cc(C)ccc3C)cc2)c1. The third-order valence-corrected chi connectivity index (χ3v) is 4.93. The van der Waals surface area contributed by atoms with E-state index in [-0.39, 0.29) is 5.91 Å². The van der Waals surface area contributed by atoms with Crippen LogP contribution in [0.15, 0.2) is 66.7 Å². The molecule has 3 aromatic carbocycles. The van der Waals surface area contributed by atoms with Crippen molar-refractivity contribution in [3.05, 3.63) is 89.0 Å². The molecule has 0 saturated carbocycles. The number of rotatable bonds is 7. The number of carbonyl (C=O) groups excluding carboxylic acids is 2. The predicted molar refractivity (Wildman–Crippen MR) is 122 cm³/mol. The highest BCUT2D eigenvalue weighted by atomic mass is 16.6. The highest BCUT2D eigenvalue weighted by Crippen LogP contribution is 2.20. The Kier molecular flexibility index (Phi) is 7.08. The molecule has 5 heteroatoms. The summed E-state index contributed by atoms with van der Waals surface area (Å²) in [5, 5.41) is 2.92. The van der Waals surface area contributed by atoms with Gasteiger partial charge in [-0.3, -0.25) is 4.79 Å². The number of esters is 1. The molecule has 31 heavy (non-hydrogen) atoms. The number of aryl methyl sites for hydroxylation is 3. The Hall–Kier alpha value is -3.60. The predicted octanol–water partition coefficient (Wildman–Crippen LogP) is 5.49. The van der Waals surface area contributed by atoms with Gasteiger partial charge in [0, 0.05) is 11.3 Å². The van der Waals surface area contributed by atoms with Crippen LogP contribution >= 0.6 is 0 Å². The van der Waals surface area contributed by atoms with Gasteiger partial charge < -0.3 is 14.8 Å². The quantitative estimate of drug-likeness (QED) is 0.408. The van der Waals surface area contributed by atoms with Crippen LogP contribution in [-0.4, -0.2) is 18.0 Å². The fourth-order valence-electron chi connectivity index (χ4n) is 3.03. The largest absolute Gasteiger partial charge is 0.479 e. The molecule has 0 aliphatic heterocycles. The summed E-state index contributed by atoms with van der Waals surface area (Å²) in [6.45, 7) is 7.62. The smallest absolute Gasteiger partial charge is 0.352 e. The zero-order valence-electron chi connectivity index (χ0n) is 18.3. The number of anilines is 1. The van der Waals surface area contributed by atoms with E-state index in [4.69, 9.17) is 9.47 Å². The number of hydrogen-bond donors (Lipinski definition) is 1. The average Bonchev–Trinajstić information content (AvgIpc) is 2.76. The van der Waals surface area contributed by atoms with Crippen molar-refractivity contribution in [3.63, 3.8) is 0 Å². The van der Waals surface area contributed by atoms with Gasteiger partial charge in [0.2, 0.25) is 0 Å². The summed E-state index contributed by atoms with van der Waals surface area (Å²) in [4.78, 5) is 24.9. The van der Waals surface area contributed by atoms with Crippen molar-refractivity contribution < 1.29 is 19.1 Å². The average molecular weight is 418 g/mol. The van der Waals surface area contributed by atoms with Crippen molar-refractivity contribution in [2.24, 2.45) is 0 Å². The first-order chi connectivity index (χ1) is 14.9. The maximum atomic E-state index is 12.5. The van der Waals surface area contributed by atoms with E-state index in [2.05, 4.69) is 12.2 Å². The molecule has 0 bridgehead atoms. The number of benzene rings is 3. The summed E-state index contributed by atoms with van der Waals surface area (Å²) < 4.78 is 11.1. The second-order valence-corrected chi connectivity index (χ2v) is 7.48. The van der Waals surface area contributed by atoms with Gasteiger partial charge in [-0.1, -0.05) is 31.2 Å². The fraction of sp³-hybridized carbons (Fsp3) is 0.231. The van der Waals surface area contributed by atoms with E-state index in [1.807, 2.05) is 56.3 Å². The molecule has 0 aliphatic carbocycles. The standard InChI is InChI=1S/C26H27NO4/c1-5-20-7-6-8-23(16-20)30-19(4)26(29)31-22-13-11-21(12-14-22)25(28)27-24-15-17(2)9-10-18(24)3/h6-16,19H,5H2,1-4H3,(H,27,28). The minimum absolute atomic E-state index is 0.223. The van der Waals surface area contributed by atoms with E-state index in [0.717, 1.165) is 28.8 Å². The second-order valence-electron chi connectivity index (χ2n) is 7.48. The van der Waals surface area contributed by atoms with Gasteiger partial charge in [-0.15, -0.1) is 0 Å². The minimum atomic E-state index is -0.764. The van der Waals surface area contributed by atoms with Crippen LogP contribution in [0.1, 0.15) is 40.9 Å². The number of amides is 1. The lowest BCUT2D eigenvalue weighted by Crippen LogP contribution is -2.28. The molecule has 0 aliphatic rings. The lowest BCUT2D eigenvalue weighted by atomic mass is 10.1. The van der Waals surface area contributed by atoms with E-state index < -0.39 is 12.1 Å². The molecular formula is C26H27NO4. The van der Waals surface area contributed by atoms with Crippen LogP contribution in [0.4, 0.5) is 5.69 Å². The van der Waals surface area contributed by atoms with Crippen LogP contribution in [0.25, 0.3) is 0 Å². The lowest BCUT2D eigenvalue weighted by Gasteiger charge is -2.14. The molecule has 1 atom stereocenters. The van der Waals surface area contributed by atoms with Crippen molar-refractivity contribution in [2.75, 3.05) is 5.32 Å². The zero-order valence-corrected chi connectivity index (χ0v) is 18.3. The molecule has 3 aromatic rings. The van der Waals surface area contributed by atoms with Gasteiger partial charge in [0.1, 0.15) is 11.5 Å². The molecule has 3 rings (SSSR count). The fourth-order valence-corrected chi connectivity index (χ4v) is 3.03. The first-order valence-corrected chi connectivity index (χ1v) is 10.3. The summed E-state index contributed by atoms with van der Waals surface area (Å²) in [6, 6.07) is 20.0. The maximum absolute atomic E-state index is 12.5. The molecule has 0 saturated heterocycles. The molecule has 1 N–H and O–H groups in total. The Labute approximate surface area is 183 Å². The normalized spacial score (nSPS) is 11.5. The molecule has 160 valence electrons. The number of ether oxygens (including phenoxy) is 2. The first-order valence-electron chi connectivity index (χ1n) is 10.3. The highest BCUT2D eigenvalue weighted by molar-refractivity contribution is 6.04. The van der Waals surface area contributed by atoms with Gasteiger partial charge in [0.05, 0.1) is 0 Å². The molecule has 5 nitrogen and oxygen atoms in total. The van der Waals surface area contributed by atoms with Crippen molar-refractivity contribution in [1.82, 2.24) is 0 Å². The third-order valence-electron chi connectivity index (χ3n) is 4.93. The van der Waals surface area contributed by atoms with Crippen LogP contribution in [0, 0.1) is 13.8 Å². The number of nitrogens with one attached hydrogen (secondary N) is 1. The van der Waals surface area contributed by atoms with E-state index in [1.54, 1.807) is 31.2 Å². The van der Waals surface area contributed by atoms with E-state index >= 15 is 0 Å². The Bertz CT molecular complexity index is 1070. The van der Waals surface area contributed by atoms with Gasteiger partial charge in [0.15, 0.2) is 6.10 Å². The Morgan fingerprint density at radius 2 is 1.68 bits per heavy atom. The van der Waals surface area contributed by atoms with Crippen LogP contribution in [0.5, 0.6) is 11.5 Å². The van der Waals surface area contributed by atoms with Crippen molar-refractivity contribution in [3.8, 4) is 11.5 Å². The zero-order chi connectivity index (χ0) is 22.4. The lowest BCUT2D eigenvalue weighted by molar-refractivity contribution is -0.141. The van der Waals surface area contributed by atoms with Gasteiger partial charge in [-0.2, -0.15) is 0 Å². The summed E-state index contributed by atoms with van der Waals surface area (Å²) in [5.74, 6) is 0.252. The second kappa shape index (κ2) is 9.94. The summed E-state index contributed by atoms with van der Waals surface area (Å²) in [6.07, 6.45) is 0.124. The van der Waals surface area contributed by atoms with Crippen LogP contribution in [-0.2, 0) is 11.2 Å². The summed E-state index contributed by atoms with van der Waals surface area (Å²) >= 11 is 0. The first kappa shape index (κ1) is 22.1. The van der Waals surface area contributed by atoms with Crippen LogP contribution < -0.4 is 14.8 Å². The minimum Gasteiger partial charge on any atom is -0.479 e. The topological polar surface area (TPSA) is 64.6 Å². The van der Waals surface area contributed by atoms with Crippen molar-refractivity contribution in [1.29, 1.82) is 0 Å². The molecule has 1 amide bonds. The van der Waals surface area contributed by atoms with Crippen molar-refractivity contribution in [2.45, 2.75) is 40.2 Å². The van der Waals surface area contributed by atoms with Crippen LogP contribution in [0.2, 0.25) is 0 Å². The monoisotopic (exact) mass is 417 g/mol. The molecular weight excluding hydrogens is 390 g/mol. The van der Waals surface area contributed by atoms with Crippen LogP contribution in [0.3, 0.4) is 0 Å². The van der Waals surface area contributed by atoms with E-state index in [0.29, 0.717) is 17.1 Å². The Balaban J connectivity index is 1.59. The number of hydrogen-bond acceptors (Lipinski definition) is 4. The summed E-state index contributed by atoms with van der Waals surface area (Å²) in [7, 11) is 0. The maximum Gasteiger partial charge on any atom is 0.352 e. The highest BCUT2D eigenvalue weighted by Gasteiger charge is 2.18. The molecule has 1 unspecified atom stereocenters. The van der Waals surface area contributed by atoms with Gasteiger partial charge in [-0.05, 0) is 86.3 Å². The Morgan fingerprint density at radius 3 is 2.39 bits per heavy atom. The van der Waals surface area contributed by atoms with Gasteiger partial charge in [0.25, 0.3) is 5.91 Å². The van der Waals surface area contributed by atoms with E-state index in [1.165, 1.54) is 0 Å².